The lowest BCUT2D eigenvalue weighted by Gasteiger charge is -2.38. The van der Waals surface area contributed by atoms with Crippen molar-refractivity contribution in [1.29, 1.82) is 0 Å². The fraction of sp³-hybridized carbons (Fsp3) is 0.875. The van der Waals surface area contributed by atoms with Gasteiger partial charge in [0, 0.05) is 12.1 Å². The minimum absolute atomic E-state index is 0.260. The van der Waals surface area contributed by atoms with Crippen molar-refractivity contribution in [3.05, 3.63) is 11.6 Å². The van der Waals surface area contributed by atoms with E-state index in [1.165, 1.54) is 5.57 Å². The second kappa shape index (κ2) is 8.03. The van der Waals surface area contributed by atoms with Crippen LogP contribution in [0.15, 0.2) is 11.6 Å². The molecule has 0 radical (unpaired) electrons. The van der Waals surface area contributed by atoms with Crippen LogP contribution in [0, 0.1) is 17.8 Å². The quantitative estimate of drug-likeness (QED) is 0.647. The van der Waals surface area contributed by atoms with Crippen molar-refractivity contribution < 1.29 is 0 Å². The van der Waals surface area contributed by atoms with E-state index < -0.39 is 0 Å². The molecule has 0 heterocycles. The first-order chi connectivity index (χ1) is 9.01. The molecule has 19 heavy (non-hydrogen) atoms. The summed E-state index contributed by atoms with van der Waals surface area (Å²) in [5, 5.41) is 0. The average molecular weight is 267 g/mol. The molecule has 3 nitrogen and oxygen atoms in total. The van der Waals surface area contributed by atoms with Gasteiger partial charge < -0.3 is 17.2 Å². The zero-order chi connectivity index (χ0) is 14.4. The van der Waals surface area contributed by atoms with Gasteiger partial charge in [-0.3, -0.25) is 0 Å². The van der Waals surface area contributed by atoms with Crippen LogP contribution in [0.25, 0.3) is 0 Å². The van der Waals surface area contributed by atoms with E-state index in [2.05, 4.69) is 26.8 Å². The molecule has 1 rings (SSSR count). The number of rotatable bonds is 6. The van der Waals surface area contributed by atoms with Gasteiger partial charge >= 0.3 is 0 Å². The third kappa shape index (κ3) is 4.90. The van der Waals surface area contributed by atoms with Gasteiger partial charge in [0.25, 0.3) is 0 Å². The number of allylic oxidation sites excluding steroid dienone is 2. The van der Waals surface area contributed by atoms with Gasteiger partial charge in [0.1, 0.15) is 0 Å². The van der Waals surface area contributed by atoms with Crippen LogP contribution in [0.4, 0.5) is 0 Å². The third-order valence-corrected chi connectivity index (χ3v) is 4.94. The van der Waals surface area contributed by atoms with Crippen molar-refractivity contribution in [1.82, 2.24) is 0 Å². The molecule has 0 saturated heterocycles. The van der Waals surface area contributed by atoms with Crippen molar-refractivity contribution in [3.63, 3.8) is 0 Å². The molecule has 5 atom stereocenters. The minimum Gasteiger partial charge on any atom is -0.330 e. The summed E-state index contributed by atoms with van der Waals surface area (Å²) in [4.78, 5) is 0. The monoisotopic (exact) mass is 267 g/mol. The highest BCUT2D eigenvalue weighted by atomic mass is 14.7. The number of hydrogen-bond donors (Lipinski definition) is 3. The van der Waals surface area contributed by atoms with E-state index >= 15 is 0 Å². The highest BCUT2D eigenvalue weighted by molar-refractivity contribution is 5.01. The predicted octanol–water partition coefficient (Wildman–Crippen LogP) is 2.40. The fourth-order valence-corrected chi connectivity index (χ4v) is 3.37. The van der Waals surface area contributed by atoms with Crippen LogP contribution in [-0.4, -0.2) is 18.6 Å². The average Bonchev–Trinajstić information content (AvgIpc) is 2.40. The van der Waals surface area contributed by atoms with Crippen LogP contribution >= 0.6 is 0 Å². The van der Waals surface area contributed by atoms with Crippen molar-refractivity contribution in [2.75, 3.05) is 6.54 Å². The second-order valence-corrected chi connectivity index (χ2v) is 6.38. The largest absolute Gasteiger partial charge is 0.330 e. The molecule has 1 saturated carbocycles. The van der Waals surface area contributed by atoms with E-state index in [0.29, 0.717) is 17.8 Å². The Labute approximate surface area is 119 Å². The zero-order valence-electron chi connectivity index (χ0n) is 12.9. The first-order valence-electron chi connectivity index (χ1n) is 7.87. The molecule has 1 aliphatic carbocycles. The molecule has 0 amide bonds. The van der Waals surface area contributed by atoms with Gasteiger partial charge in [-0.05, 0) is 63.3 Å². The molecule has 1 fully saturated rings. The van der Waals surface area contributed by atoms with Gasteiger partial charge in [-0.2, -0.15) is 0 Å². The molecular formula is C16H33N3. The molecule has 0 aromatic heterocycles. The van der Waals surface area contributed by atoms with Crippen LogP contribution in [0.1, 0.15) is 52.9 Å². The van der Waals surface area contributed by atoms with Gasteiger partial charge in [0.15, 0.2) is 0 Å². The SMILES string of the molecule is C/C=C(/CC)CC(CN)CC1CC(C)C(N)CC1N. The van der Waals surface area contributed by atoms with Gasteiger partial charge in [0.05, 0.1) is 0 Å². The molecular weight excluding hydrogens is 234 g/mol. The number of hydrogen-bond acceptors (Lipinski definition) is 3. The molecule has 0 aromatic carbocycles. The molecule has 0 aromatic rings. The van der Waals surface area contributed by atoms with Gasteiger partial charge in [-0.25, -0.2) is 0 Å². The van der Waals surface area contributed by atoms with Crippen molar-refractivity contribution in [2.45, 2.75) is 65.0 Å². The Kier molecular flexibility index (Phi) is 7.05. The second-order valence-electron chi connectivity index (χ2n) is 6.38. The van der Waals surface area contributed by atoms with Crippen molar-refractivity contribution in [3.8, 4) is 0 Å². The lowest BCUT2D eigenvalue weighted by Crippen LogP contribution is -2.47. The van der Waals surface area contributed by atoms with E-state index in [1.54, 1.807) is 0 Å². The Hall–Kier alpha value is -0.380. The molecule has 112 valence electrons. The molecule has 0 aliphatic heterocycles. The summed E-state index contributed by atoms with van der Waals surface area (Å²) in [7, 11) is 0. The van der Waals surface area contributed by atoms with E-state index in [0.717, 1.165) is 38.6 Å². The fourth-order valence-electron chi connectivity index (χ4n) is 3.37. The summed E-state index contributed by atoms with van der Waals surface area (Å²) in [6, 6.07) is 0.542. The van der Waals surface area contributed by atoms with E-state index in [4.69, 9.17) is 17.2 Å². The van der Waals surface area contributed by atoms with Gasteiger partial charge in [0.2, 0.25) is 0 Å². The maximum Gasteiger partial charge on any atom is 0.00822 e. The molecule has 3 heteroatoms. The summed E-state index contributed by atoms with van der Waals surface area (Å²) in [5.41, 5.74) is 19.9. The third-order valence-electron chi connectivity index (χ3n) is 4.94. The Balaban J connectivity index is 2.55. The van der Waals surface area contributed by atoms with E-state index in [1.807, 2.05) is 0 Å². The Morgan fingerprint density at radius 2 is 1.95 bits per heavy atom. The summed E-state index contributed by atoms with van der Waals surface area (Å²) >= 11 is 0. The zero-order valence-corrected chi connectivity index (χ0v) is 12.9. The first kappa shape index (κ1) is 16.7. The molecule has 0 bridgehead atoms. The topological polar surface area (TPSA) is 78.1 Å². The van der Waals surface area contributed by atoms with Gasteiger partial charge in [-0.15, -0.1) is 0 Å². The van der Waals surface area contributed by atoms with Crippen LogP contribution in [0.2, 0.25) is 0 Å². The van der Waals surface area contributed by atoms with Crippen LogP contribution in [-0.2, 0) is 0 Å². The smallest absolute Gasteiger partial charge is 0.00822 e. The first-order valence-corrected chi connectivity index (χ1v) is 7.87. The van der Waals surface area contributed by atoms with E-state index in [-0.39, 0.29) is 12.1 Å². The highest BCUT2D eigenvalue weighted by Crippen LogP contribution is 2.33. The maximum absolute atomic E-state index is 6.29. The minimum atomic E-state index is 0.260. The Morgan fingerprint density at radius 3 is 2.47 bits per heavy atom. The van der Waals surface area contributed by atoms with Crippen molar-refractivity contribution in [2.24, 2.45) is 35.0 Å². The predicted molar refractivity (Wildman–Crippen MR) is 83.7 cm³/mol. The Bertz CT molecular complexity index is 288. The molecule has 1 aliphatic rings. The Morgan fingerprint density at radius 1 is 1.26 bits per heavy atom. The standard InChI is InChI=1S/C16H33N3/c1-4-12(5-2)7-13(10-17)8-14-6-11(3)15(18)9-16(14)19/h4,11,13-16H,5-10,17-19H2,1-3H3/b12-4-. The maximum atomic E-state index is 6.29. The number of nitrogens with two attached hydrogens (primary N) is 3. The lowest BCUT2D eigenvalue weighted by atomic mass is 9.72. The highest BCUT2D eigenvalue weighted by Gasteiger charge is 2.32. The summed E-state index contributed by atoms with van der Waals surface area (Å²) in [6.45, 7) is 7.36. The van der Waals surface area contributed by atoms with E-state index in [9.17, 15) is 0 Å². The van der Waals surface area contributed by atoms with Gasteiger partial charge in [-0.1, -0.05) is 25.5 Å². The van der Waals surface area contributed by atoms with Crippen LogP contribution in [0.3, 0.4) is 0 Å². The summed E-state index contributed by atoms with van der Waals surface area (Å²) < 4.78 is 0. The molecule has 0 spiro atoms. The molecule has 6 N–H and O–H groups in total. The molecule has 5 unspecified atom stereocenters. The van der Waals surface area contributed by atoms with Crippen LogP contribution in [0.5, 0.6) is 0 Å². The lowest BCUT2D eigenvalue weighted by molar-refractivity contribution is 0.186. The normalized spacial score (nSPS) is 34.3. The summed E-state index contributed by atoms with van der Waals surface area (Å²) in [5.74, 6) is 1.76. The van der Waals surface area contributed by atoms with Crippen LogP contribution < -0.4 is 17.2 Å². The van der Waals surface area contributed by atoms with Crippen molar-refractivity contribution >= 4 is 0 Å². The summed E-state index contributed by atoms with van der Waals surface area (Å²) in [6.07, 6.45) is 7.79.